The van der Waals surface area contributed by atoms with Crippen LogP contribution in [-0.2, 0) is 6.42 Å². The minimum absolute atomic E-state index is 0.219. The van der Waals surface area contributed by atoms with Gasteiger partial charge >= 0.3 is 0 Å². The van der Waals surface area contributed by atoms with Crippen LogP contribution < -0.4 is 0 Å². The fraction of sp³-hybridized carbons (Fsp3) is 0.0714. The SMILES string of the molecule is N#Cc1ccc(Cc2ccc(F)cc2)cc1. The molecule has 0 radical (unpaired) electrons. The molecule has 2 aromatic carbocycles. The van der Waals surface area contributed by atoms with Gasteiger partial charge in [0, 0.05) is 0 Å². The third-order valence-corrected chi connectivity index (χ3v) is 2.40. The van der Waals surface area contributed by atoms with Gasteiger partial charge in [-0.05, 0) is 41.8 Å². The summed E-state index contributed by atoms with van der Waals surface area (Å²) in [5.74, 6) is -0.219. The fourth-order valence-electron chi connectivity index (χ4n) is 1.54. The van der Waals surface area contributed by atoms with Crippen LogP contribution in [0.25, 0.3) is 0 Å². The Morgan fingerprint density at radius 3 is 1.88 bits per heavy atom. The highest BCUT2D eigenvalue weighted by molar-refractivity contribution is 5.34. The molecule has 78 valence electrons. The Kier molecular flexibility index (Phi) is 2.98. The van der Waals surface area contributed by atoms with Crippen LogP contribution in [0.2, 0.25) is 0 Å². The van der Waals surface area contributed by atoms with Gasteiger partial charge in [0.25, 0.3) is 0 Å². The van der Waals surface area contributed by atoms with E-state index >= 15 is 0 Å². The molecule has 0 heterocycles. The van der Waals surface area contributed by atoms with E-state index in [9.17, 15) is 4.39 Å². The summed E-state index contributed by atoms with van der Waals surface area (Å²) in [5.41, 5.74) is 2.83. The molecular formula is C14H10FN. The van der Waals surface area contributed by atoms with E-state index in [1.807, 2.05) is 12.1 Å². The molecule has 0 atom stereocenters. The van der Waals surface area contributed by atoms with Gasteiger partial charge in [0.15, 0.2) is 0 Å². The molecule has 0 aliphatic rings. The molecule has 0 saturated carbocycles. The summed E-state index contributed by atoms with van der Waals surface area (Å²) < 4.78 is 12.7. The maximum absolute atomic E-state index is 12.7. The number of rotatable bonds is 2. The molecule has 0 saturated heterocycles. The van der Waals surface area contributed by atoms with Gasteiger partial charge in [-0.25, -0.2) is 4.39 Å². The Labute approximate surface area is 93.8 Å². The summed E-state index contributed by atoms with van der Waals surface area (Å²) in [7, 11) is 0. The fourth-order valence-corrected chi connectivity index (χ4v) is 1.54. The molecular weight excluding hydrogens is 201 g/mol. The first-order chi connectivity index (χ1) is 7.78. The van der Waals surface area contributed by atoms with Crippen LogP contribution in [0.1, 0.15) is 16.7 Å². The van der Waals surface area contributed by atoms with Crippen LogP contribution in [0.4, 0.5) is 4.39 Å². The second-order valence-electron chi connectivity index (χ2n) is 3.61. The summed E-state index contributed by atoms with van der Waals surface area (Å²) in [6.07, 6.45) is 0.756. The molecule has 0 spiro atoms. The first-order valence-electron chi connectivity index (χ1n) is 5.01. The first kappa shape index (κ1) is 10.4. The van der Waals surface area contributed by atoms with Crippen molar-refractivity contribution in [2.75, 3.05) is 0 Å². The zero-order valence-corrected chi connectivity index (χ0v) is 8.65. The molecule has 0 unspecified atom stereocenters. The Balaban J connectivity index is 2.15. The number of hydrogen-bond acceptors (Lipinski definition) is 1. The Hall–Kier alpha value is -2.14. The van der Waals surface area contributed by atoms with Crippen LogP contribution in [-0.4, -0.2) is 0 Å². The van der Waals surface area contributed by atoms with Crippen molar-refractivity contribution >= 4 is 0 Å². The van der Waals surface area contributed by atoms with E-state index in [1.165, 1.54) is 12.1 Å². The van der Waals surface area contributed by atoms with E-state index in [1.54, 1.807) is 24.3 Å². The standard InChI is InChI=1S/C14H10FN/c15-14-7-5-12(6-8-14)9-11-1-3-13(10-16)4-2-11/h1-8H,9H2. The van der Waals surface area contributed by atoms with Crippen molar-refractivity contribution in [3.05, 3.63) is 71.0 Å². The molecule has 0 bridgehead atoms. The van der Waals surface area contributed by atoms with Crippen molar-refractivity contribution in [1.82, 2.24) is 0 Å². The molecule has 0 amide bonds. The summed E-state index contributed by atoms with van der Waals surface area (Å²) in [6, 6.07) is 16.0. The number of halogens is 1. The number of nitriles is 1. The Morgan fingerprint density at radius 2 is 1.38 bits per heavy atom. The summed E-state index contributed by atoms with van der Waals surface area (Å²) in [4.78, 5) is 0. The van der Waals surface area contributed by atoms with E-state index in [2.05, 4.69) is 6.07 Å². The molecule has 2 heteroatoms. The number of hydrogen-bond donors (Lipinski definition) is 0. The largest absolute Gasteiger partial charge is 0.207 e. The lowest BCUT2D eigenvalue weighted by atomic mass is 10.0. The van der Waals surface area contributed by atoms with Crippen LogP contribution in [0.3, 0.4) is 0 Å². The maximum Gasteiger partial charge on any atom is 0.123 e. The van der Waals surface area contributed by atoms with Gasteiger partial charge in [0.05, 0.1) is 11.6 Å². The van der Waals surface area contributed by atoms with E-state index in [-0.39, 0.29) is 5.82 Å². The summed E-state index contributed by atoms with van der Waals surface area (Å²) >= 11 is 0. The van der Waals surface area contributed by atoms with E-state index in [0.717, 1.165) is 17.5 Å². The van der Waals surface area contributed by atoms with Crippen LogP contribution >= 0.6 is 0 Å². The second-order valence-corrected chi connectivity index (χ2v) is 3.61. The highest BCUT2D eigenvalue weighted by Crippen LogP contribution is 2.11. The minimum atomic E-state index is -0.219. The molecule has 16 heavy (non-hydrogen) atoms. The number of benzene rings is 2. The normalized spacial score (nSPS) is 9.75. The highest BCUT2D eigenvalue weighted by Gasteiger charge is 1.97. The topological polar surface area (TPSA) is 23.8 Å². The monoisotopic (exact) mass is 211 g/mol. The van der Waals surface area contributed by atoms with Crippen molar-refractivity contribution in [1.29, 1.82) is 5.26 Å². The quantitative estimate of drug-likeness (QED) is 0.747. The predicted molar refractivity (Wildman–Crippen MR) is 60.4 cm³/mol. The third-order valence-electron chi connectivity index (χ3n) is 2.40. The van der Waals surface area contributed by atoms with Gasteiger partial charge in [-0.15, -0.1) is 0 Å². The van der Waals surface area contributed by atoms with Crippen LogP contribution in [0, 0.1) is 17.1 Å². The smallest absolute Gasteiger partial charge is 0.123 e. The van der Waals surface area contributed by atoms with Gasteiger partial charge in [0.1, 0.15) is 5.82 Å². The van der Waals surface area contributed by atoms with Gasteiger partial charge in [-0.3, -0.25) is 0 Å². The summed E-state index contributed by atoms with van der Waals surface area (Å²) in [6.45, 7) is 0. The maximum atomic E-state index is 12.7. The lowest BCUT2D eigenvalue weighted by molar-refractivity contribution is 0.627. The molecule has 1 nitrogen and oxygen atoms in total. The van der Waals surface area contributed by atoms with Crippen LogP contribution in [0.15, 0.2) is 48.5 Å². The lowest BCUT2D eigenvalue weighted by Crippen LogP contribution is -1.88. The third kappa shape index (κ3) is 2.46. The van der Waals surface area contributed by atoms with Crippen molar-refractivity contribution in [2.24, 2.45) is 0 Å². The van der Waals surface area contributed by atoms with E-state index in [0.29, 0.717) is 5.56 Å². The highest BCUT2D eigenvalue weighted by atomic mass is 19.1. The van der Waals surface area contributed by atoms with E-state index < -0.39 is 0 Å². The van der Waals surface area contributed by atoms with Gasteiger partial charge in [-0.2, -0.15) is 5.26 Å². The number of nitrogens with zero attached hydrogens (tertiary/aromatic N) is 1. The Morgan fingerprint density at radius 1 is 0.875 bits per heavy atom. The first-order valence-corrected chi connectivity index (χ1v) is 5.01. The van der Waals surface area contributed by atoms with Crippen molar-refractivity contribution in [3.63, 3.8) is 0 Å². The average Bonchev–Trinajstić information content (AvgIpc) is 2.33. The zero-order chi connectivity index (χ0) is 11.4. The van der Waals surface area contributed by atoms with Crippen molar-refractivity contribution < 1.29 is 4.39 Å². The molecule has 0 aromatic heterocycles. The molecule has 2 rings (SSSR count). The van der Waals surface area contributed by atoms with Crippen LogP contribution in [0.5, 0.6) is 0 Å². The molecule has 2 aromatic rings. The second kappa shape index (κ2) is 4.59. The molecule has 0 fully saturated rings. The molecule has 0 aliphatic carbocycles. The van der Waals surface area contributed by atoms with Gasteiger partial charge in [-0.1, -0.05) is 24.3 Å². The van der Waals surface area contributed by atoms with Crippen molar-refractivity contribution in [3.8, 4) is 6.07 Å². The minimum Gasteiger partial charge on any atom is -0.207 e. The molecule has 0 N–H and O–H groups in total. The predicted octanol–water partition coefficient (Wildman–Crippen LogP) is 3.29. The average molecular weight is 211 g/mol. The Bertz CT molecular complexity index is 506. The summed E-state index contributed by atoms with van der Waals surface area (Å²) in [5, 5.41) is 8.66. The zero-order valence-electron chi connectivity index (χ0n) is 8.65. The van der Waals surface area contributed by atoms with Crippen molar-refractivity contribution in [2.45, 2.75) is 6.42 Å². The van der Waals surface area contributed by atoms with E-state index in [4.69, 9.17) is 5.26 Å². The van der Waals surface area contributed by atoms with Gasteiger partial charge in [0.2, 0.25) is 0 Å². The molecule has 0 aliphatic heterocycles. The lowest BCUT2D eigenvalue weighted by Gasteiger charge is -2.01. The van der Waals surface area contributed by atoms with Gasteiger partial charge < -0.3 is 0 Å².